The highest BCUT2D eigenvalue weighted by Gasteiger charge is 2.52. The first-order valence-corrected chi connectivity index (χ1v) is 9.71. The second-order valence-electron chi connectivity index (χ2n) is 9.45. The standard InChI is InChI=1S/C22H34NO4/c1-21(2,3)23(20(25)27-22(4,5)6)13-12-19(14-18(24)15-23)26-16-17-10-8-7-9-11-17/h7-11,19H,12-16H2,1-6H3/q+1. The van der Waals surface area contributed by atoms with E-state index in [0.717, 1.165) is 5.56 Å². The van der Waals surface area contributed by atoms with Crippen molar-refractivity contribution in [3.8, 4) is 0 Å². The molecule has 1 aromatic rings. The van der Waals surface area contributed by atoms with E-state index >= 15 is 0 Å². The molecule has 27 heavy (non-hydrogen) atoms. The molecule has 2 rings (SSSR count). The molecule has 0 N–H and O–H groups in total. The number of ketones is 1. The monoisotopic (exact) mass is 376 g/mol. The van der Waals surface area contributed by atoms with E-state index in [9.17, 15) is 9.59 Å². The Morgan fingerprint density at radius 2 is 1.74 bits per heavy atom. The van der Waals surface area contributed by atoms with E-state index in [2.05, 4.69) is 0 Å². The van der Waals surface area contributed by atoms with Crippen molar-refractivity contribution in [2.45, 2.75) is 78.2 Å². The van der Waals surface area contributed by atoms with E-state index < -0.39 is 11.1 Å². The Morgan fingerprint density at radius 1 is 1.11 bits per heavy atom. The normalized spacial score (nSPS) is 24.4. The fraction of sp³-hybridized carbons (Fsp3) is 0.636. The van der Waals surface area contributed by atoms with Crippen molar-refractivity contribution >= 4 is 11.9 Å². The molecule has 0 spiro atoms. The summed E-state index contributed by atoms with van der Waals surface area (Å²) in [5.74, 6) is 0.0475. The third-order valence-corrected chi connectivity index (χ3v) is 5.09. The summed E-state index contributed by atoms with van der Waals surface area (Å²) in [5, 5.41) is 0. The average molecular weight is 377 g/mol. The molecule has 1 amide bonds. The van der Waals surface area contributed by atoms with Crippen LogP contribution in [0.2, 0.25) is 0 Å². The van der Waals surface area contributed by atoms with Crippen molar-refractivity contribution in [3.63, 3.8) is 0 Å². The van der Waals surface area contributed by atoms with Gasteiger partial charge in [0.05, 0.1) is 19.3 Å². The SMILES string of the molecule is CC(C)(C)OC(=O)[N+]1(C(C)(C)C)CCC(OCc2ccccc2)CC(=O)C1. The number of amides is 1. The number of quaternary nitrogens is 1. The fourth-order valence-electron chi connectivity index (χ4n) is 3.45. The van der Waals surface area contributed by atoms with E-state index in [1.54, 1.807) is 0 Å². The van der Waals surface area contributed by atoms with Gasteiger partial charge in [0, 0.05) is 12.8 Å². The van der Waals surface area contributed by atoms with Gasteiger partial charge in [-0.15, -0.1) is 0 Å². The number of hydrogen-bond donors (Lipinski definition) is 0. The van der Waals surface area contributed by atoms with Crippen molar-refractivity contribution in [2.75, 3.05) is 13.1 Å². The third kappa shape index (κ3) is 5.63. The number of rotatable bonds is 3. The fourth-order valence-corrected chi connectivity index (χ4v) is 3.45. The minimum absolute atomic E-state index is 0.00823. The first-order valence-electron chi connectivity index (χ1n) is 9.71. The van der Waals surface area contributed by atoms with Gasteiger partial charge in [0.1, 0.15) is 17.7 Å². The summed E-state index contributed by atoms with van der Waals surface area (Å²) in [4.78, 5) is 25.9. The number of hydrogen-bond acceptors (Lipinski definition) is 4. The van der Waals surface area contributed by atoms with Crippen molar-refractivity contribution in [1.29, 1.82) is 0 Å². The second kappa shape index (κ2) is 8.11. The molecular formula is C22H34NO4+. The van der Waals surface area contributed by atoms with Crippen LogP contribution in [-0.4, -0.2) is 46.7 Å². The van der Waals surface area contributed by atoms with Gasteiger partial charge in [0.15, 0.2) is 5.78 Å². The van der Waals surface area contributed by atoms with Gasteiger partial charge in [-0.1, -0.05) is 30.3 Å². The van der Waals surface area contributed by atoms with Crippen molar-refractivity contribution in [3.05, 3.63) is 35.9 Å². The van der Waals surface area contributed by atoms with Gasteiger partial charge in [-0.25, -0.2) is 4.48 Å². The van der Waals surface area contributed by atoms with Crippen molar-refractivity contribution in [1.82, 2.24) is 0 Å². The third-order valence-electron chi connectivity index (χ3n) is 5.09. The lowest BCUT2D eigenvalue weighted by Crippen LogP contribution is -2.66. The first-order chi connectivity index (χ1) is 12.4. The summed E-state index contributed by atoms with van der Waals surface area (Å²) >= 11 is 0. The molecule has 0 bridgehead atoms. The summed E-state index contributed by atoms with van der Waals surface area (Å²) < 4.78 is 11.7. The van der Waals surface area contributed by atoms with Crippen molar-refractivity contribution < 1.29 is 23.5 Å². The van der Waals surface area contributed by atoms with Crippen LogP contribution in [-0.2, 0) is 20.9 Å². The predicted molar refractivity (Wildman–Crippen MR) is 105 cm³/mol. The van der Waals surface area contributed by atoms with Gasteiger partial charge in [-0.05, 0) is 47.1 Å². The zero-order chi connectivity index (χ0) is 20.3. The van der Waals surface area contributed by atoms with Gasteiger partial charge in [0.25, 0.3) is 0 Å². The maximum Gasteiger partial charge on any atom is 0.517 e. The highest BCUT2D eigenvalue weighted by molar-refractivity contribution is 5.82. The zero-order valence-electron chi connectivity index (χ0n) is 17.6. The molecule has 1 aromatic carbocycles. The molecule has 1 heterocycles. The minimum atomic E-state index is -0.591. The predicted octanol–water partition coefficient (Wildman–Crippen LogP) is 4.49. The highest BCUT2D eigenvalue weighted by atomic mass is 16.6. The molecular weight excluding hydrogens is 342 g/mol. The number of nitrogens with zero attached hydrogens (tertiary/aromatic N) is 1. The number of Topliss-reactive ketones (excluding diaryl/α,β-unsaturated/α-hetero) is 1. The average Bonchev–Trinajstić information content (AvgIpc) is 2.71. The number of benzene rings is 1. The smallest absolute Gasteiger partial charge is 0.414 e. The zero-order valence-corrected chi connectivity index (χ0v) is 17.6. The van der Waals surface area contributed by atoms with Crippen LogP contribution in [0.4, 0.5) is 4.79 Å². The van der Waals surface area contributed by atoms with Crippen LogP contribution in [0.1, 0.15) is 59.9 Å². The molecule has 0 radical (unpaired) electrons. The maximum absolute atomic E-state index is 13.1. The van der Waals surface area contributed by atoms with Crippen LogP contribution in [0.5, 0.6) is 0 Å². The van der Waals surface area contributed by atoms with Crippen LogP contribution in [0.15, 0.2) is 30.3 Å². The molecule has 1 saturated heterocycles. The molecule has 1 aliphatic heterocycles. The summed E-state index contributed by atoms with van der Waals surface area (Å²) in [7, 11) is 0. The minimum Gasteiger partial charge on any atom is -0.414 e. The molecule has 5 nitrogen and oxygen atoms in total. The van der Waals surface area contributed by atoms with Crippen LogP contribution in [0.25, 0.3) is 0 Å². The first kappa shape index (κ1) is 21.6. The van der Waals surface area contributed by atoms with Gasteiger partial charge < -0.3 is 9.47 Å². The molecule has 0 aliphatic carbocycles. The topological polar surface area (TPSA) is 52.6 Å². The van der Waals surface area contributed by atoms with Gasteiger partial charge >= 0.3 is 6.09 Å². The molecule has 2 unspecified atom stereocenters. The van der Waals surface area contributed by atoms with E-state index in [1.165, 1.54) is 0 Å². The summed E-state index contributed by atoms with van der Waals surface area (Å²) in [5.41, 5.74) is 0.0521. The van der Waals surface area contributed by atoms with Crippen LogP contribution < -0.4 is 0 Å². The molecule has 0 aromatic heterocycles. The summed E-state index contributed by atoms with van der Waals surface area (Å²) in [6.45, 7) is 12.7. The Hall–Kier alpha value is -1.72. The van der Waals surface area contributed by atoms with E-state index in [0.29, 0.717) is 26.0 Å². The number of likely N-dealkylation sites (tertiary alicyclic amines) is 1. The van der Waals surface area contributed by atoms with Crippen LogP contribution in [0, 0.1) is 0 Å². The second-order valence-corrected chi connectivity index (χ2v) is 9.45. The van der Waals surface area contributed by atoms with Crippen molar-refractivity contribution in [2.24, 2.45) is 0 Å². The molecule has 5 heteroatoms. The lowest BCUT2D eigenvalue weighted by Gasteiger charge is -2.44. The Morgan fingerprint density at radius 3 is 2.30 bits per heavy atom. The summed E-state index contributed by atoms with van der Waals surface area (Å²) in [6, 6.07) is 9.93. The maximum atomic E-state index is 13.1. The highest BCUT2D eigenvalue weighted by Crippen LogP contribution is 2.32. The lowest BCUT2D eigenvalue weighted by atomic mass is 10.0. The largest absolute Gasteiger partial charge is 0.517 e. The lowest BCUT2D eigenvalue weighted by molar-refractivity contribution is -0.896. The molecule has 1 fully saturated rings. The van der Waals surface area contributed by atoms with Gasteiger partial charge in [-0.2, -0.15) is 4.79 Å². The van der Waals surface area contributed by atoms with Gasteiger partial charge in [-0.3, -0.25) is 4.79 Å². The van der Waals surface area contributed by atoms with E-state index in [1.807, 2.05) is 71.9 Å². The molecule has 150 valence electrons. The Bertz CT molecular complexity index is 657. The molecule has 0 saturated carbocycles. The summed E-state index contributed by atoms with van der Waals surface area (Å²) in [6.07, 6.45) is 0.482. The number of carbonyl (C=O) groups is 2. The van der Waals surface area contributed by atoms with Crippen LogP contribution >= 0.6 is 0 Å². The molecule has 2 atom stereocenters. The van der Waals surface area contributed by atoms with Crippen LogP contribution in [0.3, 0.4) is 0 Å². The Labute approximate surface area is 163 Å². The number of ether oxygens (including phenoxy) is 2. The van der Waals surface area contributed by atoms with Gasteiger partial charge in [0.2, 0.25) is 0 Å². The Balaban J connectivity index is 2.16. The van der Waals surface area contributed by atoms with E-state index in [-0.39, 0.29) is 29.0 Å². The van der Waals surface area contributed by atoms with E-state index in [4.69, 9.17) is 9.47 Å². The quantitative estimate of drug-likeness (QED) is 0.730. The Kier molecular flexibility index (Phi) is 6.48. The molecule has 1 aliphatic rings. The number of carbonyl (C=O) groups excluding carboxylic acids is 2.